The number of carbonyl (C=O) groups excluding carboxylic acids is 1. The predicted octanol–water partition coefficient (Wildman–Crippen LogP) is 1.90. The lowest BCUT2D eigenvalue weighted by Gasteiger charge is -2.24. The molecule has 2 nitrogen and oxygen atoms in total. The van der Waals surface area contributed by atoms with Crippen LogP contribution >= 0.6 is 0 Å². The minimum Gasteiger partial charge on any atom is -0.211 e. The Bertz CT molecular complexity index is 185. The molecule has 10 heavy (non-hydrogen) atoms. The maximum absolute atomic E-state index is 10.0. The minimum atomic E-state index is -0.200. The summed E-state index contributed by atoms with van der Waals surface area (Å²) in [5, 5.41) is 0. The molecule has 0 heterocycles. The normalized spacial score (nSPS) is 21.5. The number of isocyanates is 1. The lowest BCUT2D eigenvalue weighted by molar-refractivity contribution is 0.324. The van der Waals surface area contributed by atoms with Crippen molar-refractivity contribution in [3.63, 3.8) is 0 Å². The summed E-state index contributed by atoms with van der Waals surface area (Å²) in [6, 6.07) is 0. The van der Waals surface area contributed by atoms with E-state index in [1.54, 1.807) is 6.08 Å². The van der Waals surface area contributed by atoms with Gasteiger partial charge < -0.3 is 0 Å². The van der Waals surface area contributed by atoms with Crippen molar-refractivity contribution in [2.75, 3.05) is 0 Å². The third-order valence-corrected chi connectivity index (χ3v) is 2.80. The molecule has 0 aromatic rings. The van der Waals surface area contributed by atoms with E-state index in [0.717, 1.165) is 0 Å². The van der Waals surface area contributed by atoms with Crippen LogP contribution in [0.3, 0.4) is 0 Å². The number of hydrogen-bond donors (Lipinski definition) is 0. The zero-order valence-corrected chi connectivity index (χ0v) is 6.77. The van der Waals surface area contributed by atoms with Crippen LogP contribution in [-0.2, 0) is 4.79 Å². The summed E-state index contributed by atoms with van der Waals surface area (Å²) in [7, 11) is 0. The molecule has 0 N–H and O–H groups in total. The van der Waals surface area contributed by atoms with Gasteiger partial charge in [0, 0.05) is 0 Å². The van der Waals surface area contributed by atoms with Crippen molar-refractivity contribution < 1.29 is 4.79 Å². The van der Waals surface area contributed by atoms with Crippen molar-refractivity contribution in [2.45, 2.75) is 39.2 Å². The Balaban J connectivity index is 2.76. The Kier molecular flexibility index (Phi) is 1.44. The maximum atomic E-state index is 10.0. The Morgan fingerprint density at radius 1 is 1.50 bits per heavy atom. The second-order valence-corrected chi connectivity index (χ2v) is 3.82. The number of nitrogens with zero attached hydrogens (tertiary/aromatic N) is 1. The van der Waals surface area contributed by atoms with Crippen LogP contribution in [-0.4, -0.2) is 11.6 Å². The lowest BCUT2D eigenvalue weighted by Crippen LogP contribution is -2.27. The summed E-state index contributed by atoms with van der Waals surface area (Å²) >= 11 is 0. The van der Waals surface area contributed by atoms with Crippen molar-refractivity contribution in [2.24, 2.45) is 10.4 Å². The molecule has 1 fully saturated rings. The molecule has 0 aromatic heterocycles. The van der Waals surface area contributed by atoms with E-state index in [-0.39, 0.29) is 11.0 Å². The molecule has 0 radical (unpaired) electrons. The molecule has 1 rings (SSSR count). The van der Waals surface area contributed by atoms with Gasteiger partial charge in [-0.2, -0.15) is 4.99 Å². The molecule has 0 aromatic carbocycles. The Morgan fingerprint density at radius 2 is 2.00 bits per heavy atom. The molecular weight excluding hydrogens is 126 g/mol. The van der Waals surface area contributed by atoms with E-state index in [1.165, 1.54) is 12.8 Å². The van der Waals surface area contributed by atoms with Crippen LogP contribution in [0.5, 0.6) is 0 Å². The Labute approximate surface area is 61.3 Å². The van der Waals surface area contributed by atoms with Crippen LogP contribution in [0.25, 0.3) is 0 Å². The van der Waals surface area contributed by atoms with Crippen LogP contribution in [0.2, 0.25) is 0 Å². The molecule has 0 saturated heterocycles. The first-order valence-corrected chi connectivity index (χ1v) is 3.61. The standard InChI is InChI=1S/C8H13NO/c1-7(2,9-6-10)8(3)4-5-8/h4-5H2,1-3H3. The van der Waals surface area contributed by atoms with Crippen LogP contribution in [0, 0.1) is 5.41 Å². The van der Waals surface area contributed by atoms with Crippen molar-refractivity contribution in [1.29, 1.82) is 0 Å². The van der Waals surface area contributed by atoms with Crippen molar-refractivity contribution in [1.82, 2.24) is 0 Å². The van der Waals surface area contributed by atoms with Gasteiger partial charge in [-0.1, -0.05) is 6.92 Å². The molecular formula is C8H13NO. The first-order valence-electron chi connectivity index (χ1n) is 3.61. The summed E-state index contributed by atoms with van der Waals surface area (Å²) < 4.78 is 0. The van der Waals surface area contributed by atoms with Gasteiger partial charge in [-0.05, 0) is 32.1 Å². The third kappa shape index (κ3) is 0.994. The highest BCUT2D eigenvalue weighted by atomic mass is 16.1. The fourth-order valence-corrected chi connectivity index (χ4v) is 1.05. The largest absolute Gasteiger partial charge is 0.235 e. The smallest absolute Gasteiger partial charge is 0.211 e. The van der Waals surface area contributed by atoms with Crippen LogP contribution in [0.4, 0.5) is 0 Å². The third-order valence-electron chi connectivity index (χ3n) is 2.80. The van der Waals surface area contributed by atoms with Gasteiger partial charge >= 0.3 is 0 Å². The van der Waals surface area contributed by atoms with E-state index in [4.69, 9.17) is 0 Å². The van der Waals surface area contributed by atoms with Gasteiger partial charge in [0.2, 0.25) is 6.08 Å². The van der Waals surface area contributed by atoms with E-state index in [2.05, 4.69) is 11.9 Å². The van der Waals surface area contributed by atoms with Crippen LogP contribution in [0.1, 0.15) is 33.6 Å². The van der Waals surface area contributed by atoms with Crippen molar-refractivity contribution in [3.05, 3.63) is 0 Å². The fraction of sp³-hybridized carbons (Fsp3) is 0.875. The predicted molar refractivity (Wildman–Crippen MR) is 39.5 cm³/mol. The summed E-state index contributed by atoms with van der Waals surface area (Å²) in [4.78, 5) is 13.8. The highest BCUT2D eigenvalue weighted by molar-refractivity contribution is 5.35. The molecule has 0 atom stereocenters. The van der Waals surface area contributed by atoms with Gasteiger partial charge in [-0.3, -0.25) is 0 Å². The monoisotopic (exact) mass is 139 g/mol. The Morgan fingerprint density at radius 3 is 2.30 bits per heavy atom. The molecule has 0 aliphatic heterocycles. The molecule has 2 heteroatoms. The van der Waals surface area contributed by atoms with Gasteiger partial charge in [0.15, 0.2) is 0 Å². The van der Waals surface area contributed by atoms with Gasteiger partial charge in [0.05, 0.1) is 5.54 Å². The van der Waals surface area contributed by atoms with Crippen molar-refractivity contribution >= 4 is 6.08 Å². The minimum absolute atomic E-state index is 0.200. The molecule has 1 saturated carbocycles. The SMILES string of the molecule is CC1(C(C)(C)N=C=O)CC1. The van der Waals surface area contributed by atoms with E-state index in [1.807, 2.05) is 13.8 Å². The average Bonchev–Trinajstić information content (AvgIpc) is 2.49. The van der Waals surface area contributed by atoms with Gasteiger partial charge in [0.1, 0.15) is 0 Å². The van der Waals surface area contributed by atoms with E-state index >= 15 is 0 Å². The van der Waals surface area contributed by atoms with E-state index < -0.39 is 0 Å². The zero-order chi connectivity index (χ0) is 7.83. The zero-order valence-electron chi connectivity index (χ0n) is 6.77. The first kappa shape index (κ1) is 7.49. The van der Waals surface area contributed by atoms with E-state index in [9.17, 15) is 4.79 Å². The van der Waals surface area contributed by atoms with Gasteiger partial charge in [0.25, 0.3) is 0 Å². The highest BCUT2D eigenvalue weighted by Crippen LogP contribution is 2.54. The molecule has 1 aliphatic carbocycles. The molecule has 56 valence electrons. The topological polar surface area (TPSA) is 29.4 Å². The molecule has 0 spiro atoms. The molecule has 0 unspecified atom stereocenters. The van der Waals surface area contributed by atoms with Gasteiger partial charge in [-0.15, -0.1) is 0 Å². The van der Waals surface area contributed by atoms with E-state index in [0.29, 0.717) is 0 Å². The number of rotatable bonds is 2. The quantitative estimate of drug-likeness (QED) is 0.424. The van der Waals surface area contributed by atoms with Crippen molar-refractivity contribution in [3.8, 4) is 0 Å². The van der Waals surface area contributed by atoms with Crippen LogP contribution in [0.15, 0.2) is 4.99 Å². The Hall–Kier alpha value is -0.620. The maximum Gasteiger partial charge on any atom is 0.235 e. The second kappa shape index (κ2) is 1.93. The summed E-state index contributed by atoms with van der Waals surface area (Å²) in [5.41, 5.74) is 0.0686. The fourth-order valence-electron chi connectivity index (χ4n) is 1.05. The second-order valence-electron chi connectivity index (χ2n) is 3.82. The first-order chi connectivity index (χ1) is 4.52. The molecule has 0 amide bonds. The average molecular weight is 139 g/mol. The lowest BCUT2D eigenvalue weighted by atomic mass is 9.87. The highest BCUT2D eigenvalue weighted by Gasteiger charge is 2.50. The summed E-state index contributed by atoms with van der Waals surface area (Å²) in [6.45, 7) is 6.14. The van der Waals surface area contributed by atoms with Gasteiger partial charge in [-0.25, -0.2) is 4.79 Å². The molecule has 1 aliphatic rings. The number of aliphatic imine (C=N–C) groups is 1. The van der Waals surface area contributed by atoms with Crippen LogP contribution < -0.4 is 0 Å². The summed E-state index contributed by atoms with van der Waals surface area (Å²) in [6.07, 6.45) is 4.00. The number of hydrogen-bond acceptors (Lipinski definition) is 2. The summed E-state index contributed by atoms with van der Waals surface area (Å²) in [5.74, 6) is 0. The molecule has 0 bridgehead atoms.